The Morgan fingerprint density at radius 1 is 1.06 bits per heavy atom. The van der Waals surface area contributed by atoms with E-state index in [-0.39, 0.29) is 11.8 Å². The minimum Gasteiger partial charge on any atom is -0.378 e. The van der Waals surface area contributed by atoms with E-state index in [1.54, 1.807) is 17.4 Å². The van der Waals surface area contributed by atoms with Crippen LogP contribution in [0.2, 0.25) is 0 Å². The van der Waals surface area contributed by atoms with Gasteiger partial charge in [0.2, 0.25) is 5.91 Å². The largest absolute Gasteiger partial charge is 0.378 e. The lowest BCUT2D eigenvalue weighted by Gasteiger charge is -2.25. The lowest BCUT2D eigenvalue weighted by Crippen LogP contribution is -2.45. The molecule has 5 rings (SSSR count). The van der Waals surface area contributed by atoms with Crippen LogP contribution in [-0.4, -0.2) is 49.1 Å². The molecule has 0 spiro atoms. The molecule has 0 saturated carbocycles. The molecule has 174 valence electrons. The number of thiazole rings is 1. The second-order valence-corrected chi connectivity index (χ2v) is 9.92. The summed E-state index contributed by atoms with van der Waals surface area (Å²) in [6.07, 6.45) is 0.397. The van der Waals surface area contributed by atoms with Gasteiger partial charge in [0, 0.05) is 25.2 Å². The van der Waals surface area contributed by atoms with Crippen LogP contribution in [-0.2, 0) is 16.0 Å². The van der Waals surface area contributed by atoms with E-state index >= 15 is 0 Å². The van der Waals surface area contributed by atoms with Crippen LogP contribution in [0, 0.1) is 0 Å². The highest BCUT2D eigenvalue weighted by atomic mass is 32.1. The predicted octanol–water partition coefficient (Wildman–Crippen LogP) is 4.17. The third kappa shape index (κ3) is 5.27. The summed E-state index contributed by atoms with van der Waals surface area (Å²) in [4.78, 5) is 33.5. The Hall–Kier alpha value is -3.27. The molecule has 0 radical (unpaired) electrons. The Morgan fingerprint density at radius 3 is 2.65 bits per heavy atom. The van der Waals surface area contributed by atoms with Crippen molar-refractivity contribution in [2.24, 2.45) is 0 Å². The van der Waals surface area contributed by atoms with E-state index in [4.69, 9.17) is 9.72 Å². The topological polar surface area (TPSA) is 83.6 Å². The molecule has 0 bridgehead atoms. The Balaban J connectivity index is 1.33. The number of morpholine rings is 1. The summed E-state index contributed by atoms with van der Waals surface area (Å²) in [5, 5.41) is 8.70. The lowest BCUT2D eigenvalue weighted by molar-refractivity contribution is -0.118. The standard InChI is InChI=1S/C25H24N4O3S2/c30-23(20(15-17-5-2-1-3-6-17)27-24(31)21-7-4-14-33-21)26-18-8-9-19-22(16-18)34-25(28-19)29-10-12-32-13-11-29/h1-9,14,16,20H,10-13,15H2,(H,26,30)(H,27,31)/t20-/m1/s1. The van der Waals surface area contributed by atoms with Gasteiger partial charge in [0.15, 0.2) is 5.13 Å². The van der Waals surface area contributed by atoms with Gasteiger partial charge in [0.25, 0.3) is 5.91 Å². The van der Waals surface area contributed by atoms with Crippen molar-refractivity contribution in [3.8, 4) is 0 Å². The van der Waals surface area contributed by atoms with Crippen molar-refractivity contribution in [1.82, 2.24) is 10.3 Å². The summed E-state index contributed by atoms with van der Waals surface area (Å²) in [5.74, 6) is -0.509. The van der Waals surface area contributed by atoms with Crippen LogP contribution >= 0.6 is 22.7 Å². The molecule has 3 heterocycles. The zero-order chi connectivity index (χ0) is 23.3. The van der Waals surface area contributed by atoms with E-state index in [9.17, 15) is 9.59 Å². The quantitative estimate of drug-likeness (QED) is 0.405. The number of anilines is 2. The van der Waals surface area contributed by atoms with Gasteiger partial charge in [-0.1, -0.05) is 47.7 Å². The van der Waals surface area contributed by atoms with Crippen molar-refractivity contribution >= 4 is 55.5 Å². The molecule has 1 saturated heterocycles. The molecule has 1 aliphatic heterocycles. The number of benzene rings is 2. The van der Waals surface area contributed by atoms with E-state index in [0.717, 1.165) is 34.0 Å². The smallest absolute Gasteiger partial charge is 0.262 e. The molecule has 7 nitrogen and oxygen atoms in total. The fourth-order valence-electron chi connectivity index (χ4n) is 3.81. The van der Waals surface area contributed by atoms with Crippen LogP contribution in [0.5, 0.6) is 0 Å². The first-order valence-electron chi connectivity index (χ1n) is 11.1. The zero-order valence-corrected chi connectivity index (χ0v) is 20.0. The number of ether oxygens (including phenoxy) is 1. The van der Waals surface area contributed by atoms with Crippen LogP contribution < -0.4 is 15.5 Å². The number of hydrogen-bond donors (Lipinski definition) is 2. The van der Waals surface area contributed by atoms with Crippen molar-refractivity contribution in [2.45, 2.75) is 12.5 Å². The molecule has 0 aliphatic carbocycles. The SMILES string of the molecule is O=C(N[C@H](Cc1ccccc1)C(=O)Nc1ccc2nc(N3CCOCC3)sc2c1)c1cccs1. The highest BCUT2D eigenvalue weighted by Crippen LogP contribution is 2.31. The summed E-state index contributed by atoms with van der Waals surface area (Å²) in [6, 6.07) is 18.3. The average molecular weight is 493 g/mol. The molecule has 1 atom stereocenters. The predicted molar refractivity (Wildman–Crippen MR) is 137 cm³/mol. The number of nitrogens with zero attached hydrogens (tertiary/aromatic N) is 2. The van der Waals surface area contributed by atoms with E-state index in [1.165, 1.54) is 11.3 Å². The number of carbonyl (C=O) groups is 2. The maximum absolute atomic E-state index is 13.3. The second kappa shape index (κ2) is 10.3. The van der Waals surface area contributed by atoms with Crippen molar-refractivity contribution in [1.29, 1.82) is 0 Å². The summed E-state index contributed by atoms with van der Waals surface area (Å²) in [6.45, 7) is 3.07. The number of aromatic nitrogens is 1. The molecule has 2 amide bonds. The average Bonchev–Trinajstić information content (AvgIpc) is 3.55. The second-order valence-electron chi connectivity index (χ2n) is 7.96. The number of thiophene rings is 1. The van der Waals surface area contributed by atoms with Gasteiger partial charge in [0.1, 0.15) is 6.04 Å². The van der Waals surface area contributed by atoms with Gasteiger partial charge in [-0.3, -0.25) is 9.59 Å². The Bertz CT molecular complexity index is 1270. The van der Waals surface area contributed by atoms with E-state index in [0.29, 0.717) is 30.2 Å². The molecule has 34 heavy (non-hydrogen) atoms. The third-order valence-corrected chi connectivity index (χ3v) is 7.52. The third-order valence-electron chi connectivity index (χ3n) is 5.58. The van der Waals surface area contributed by atoms with E-state index in [1.807, 2.05) is 60.0 Å². The molecule has 1 aliphatic rings. The van der Waals surface area contributed by atoms with Crippen LogP contribution in [0.15, 0.2) is 66.0 Å². The first kappa shape index (κ1) is 22.5. The molecule has 0 unspecified atom stereocenters. The summed E-state index contributed by atoms with van der Waals surface area (Å²) in [5.41, 5.74) is 2.55. The highest BCUT2D eigenvalue weighted by molar-refractivity contribution is 7.22. The molecule has 2 aromatic carbocycles. The molecular formula is C25H24N4O3S2. The van der Waals surface area contributed by atoms with Gasteiger partial charge in [-0.15, -0.1) is 11.3 Å². The first-order chi connectivity index (χ1) is 16.7. The Kier molecular flexibility index (Phi) is 6.84. The molecule has 2 aromatic heterocycles. The number of nitrogens with one attached hydrogen (secondary N) is 2. The summed E-state index contributed by atoms with van der Waals surface area (Å²) >= 11 is 2.95. The molecule has 9 heteroatoms. The minimum absolute atomic E-state index is 0.251. The minimum atomic E-state index is -0.710. The van der Waals surface area contributed by atoms with Crippen molar-refractivity contribution < 1.29 is 14.3 Å². The number of hydrogen-bond acceptors (Lipinski definition) is 7. The van der Waals surface area contributed by atoms with Gasteiger partial charge >= 0.3 is 0 Å². The van der Waals surface area contributed by atoms with Gasteiger partial charge in [0.05, 0.1) is 28.3 Å². The van der Waals surface area contributed by atoms with Crippen LogP contribution in [0.1, 0.15) is 15.2 Å². The zero-order valence-electron chi connectivity index (χ0n) is 18.4. The fourth-order valence-corrected chi connectivity index (χ4v) is 5.49. The number of carbonyl (C=O) groups excluding carboxylic acids is 2. The maximum atomic E-state index is 13.3. The first-order valence-corrected chi connectivity index (χ1v) is 12.8. The van der Waals surface area contributed by atoms with Gasteiger partial charge in [-0.2, -0.15) is 0 Å². The number of amides is 2. The number of rotatable bonds is 7. The Labute approximate surface area is 205 Å². The summed E-state index contributed by atoms with van der Waals surface area (Å²) in [7, 11) is 0. The van der Waals surface area contributed by atoms with Crippen LogP contribution in [0.4, 0.5) is 10.8 Å². The lowest BCUT2D eigenvalue weighted by atomic mass is 10.0. The normalized spacial score (nSPS) is 14.6. The fraction of sp³-hybridized carbons (Fsp3) is 0.240. The van der Waals surface area contributed by atoms with E-state index < -0.39 is 6.04 Å². The van der Waals surface area contributed by atoms with Crippen molar-refractivity contribution in [3.05, 3.63) is 76.5 Å². The summed E-state index contributed by atoms with van der Waals surface area (Å²) < 4.78 is 6.43. The van der Waals surface area contributed by atoms with Crippen LogP contribution in [0.25, 0.3) is 10.2 Å². The van der Waals surface area contributed by atoms with Crippen molar-refractivity contribution in [3.63, 3.8) is 0 Å². The van der Waals surface area contributed by atoms with Crippen molar-refractivity contribution in [2.75, 3.05) is 36.5 Å². The Morgan fingerprint density at radius 2 is 1.88 bits per heavy atom. The van der Waals surface area contributed by atoms with Gasteiger partial charge in [-0.05, 0) is 35.2 Å². The molecule has 4 aromatic rings. The van der Waals surface area contributed by atoms with E-state index in [2.05, 4.69) is 15.5 Å². The number of fused-ring (bicyclic) bond motifs is 1. The molecular weight excluding hydrogens is 468 g/mol. The monoisotopic (exact) mass is 492 g/mol. The highest BCUT2D eigenvalue weighted by Gasteiger charge is 2.23. The van der Waals surface area contributed by atoms with Crippen LogP contribution in [0.3, 0.4) is 0 Å². The van der Waals surface area contributed by atoms with Gasteiger partial charge < -0.3 is 20.3 Å². The van der Waals surface area contributed by atoms with Gasteiger partial charge in [-0.25, -0.2) is 4.98 Å². The molecule has 1 fully saturated rings. The molecule has 2 N–H and O–H groups in total. The maximum Gasteiger partial charge on any atom is 0.262 e.